The summed E-state index contributed by atoms with van der Waals surface area (Å²) in [6.07, 6.45) is 4.74. The van der Waals surface area contributed by atoms with Gasteiger partial charge < -0.3 is 14.4 Å². The molecule has 1 amide bonds. The fourth-order valence-corrected chi connectivity index (χ4v) is 4.06. The first-order valence-corrected chi connectivity index (χ1v) is 9.31. The van der Waals surface area contributed by atoms with Crippen LogP contribution in [0.25, 0.3) is 0 Å². The molecule has 2 aromatic rings. The van der Waals surface area contributed by atoms with Crippen molar-refractivity contribution >= 4 is 5.91 Å². The first kappa shape index (κ1) is 17.0. The summed E-state index contributed by atoms with van der Waals surface area (Å²) >= 11 is 0. The van der Waals surface area contributed by atoms with Crippen molar-refractivity contribution in [2.45, 2.75) is 44.2 Å². The molecule has 0 bridgehead atoms. The zero-order chi connectivity index (χ0) is 18.1. The van der Waals surface area contributed by atoms with E-state index in [0.717, 1.165) is 31.2 Å². The minimum absolute atomic E-state index is 0.210. The number of benzene rings is 2. The van der Waals surface area contributed by atoms with Gasteiger partial charge in [0.15, 0.2) is 11.5 Å². The summed E-state index contributed by atoms with van der Waals surface area (Å²) in [6.45, 7) is 0. The average Bonchev–Trinajstić information content (AvgIpc) is 3.41. The van der Waals surface area contributed by atoms with E-state index < -0.39 is 0 Å². The Labute approximate surface area is 154 Å². The Balaban J connectivity index is 1.56. The zero-order valence-corrected chi connectivity index (χ0v) is 15.4. The van der Waals surface area contributed by atoms with Crippen LogP contribution in [0.1, 0.15) is 42.0 Å². The minimum Gasteiger partial charge on any atom is -0.493 e. The van der Waals surface area contributed by atoms with Gasteiger partial charge in [0.2, 0.25) is 5.91 Å². The lowest BCUT2D eigenvalue weighted by atomic mass is 10.0. The number of carbonyl (C=O) groups excluding carboxylic acids is 1. The quantitative estimate of drug-likeness (QED) is 0.792. The van der Waals surface area contributed by atoms with Crippen LogP contribution in [-0.2, 0) is 17.6 Å². The zero-order valence-electron chi connectivity index (χ0n) is 15.4. The van der Waals surface area contributed by atoms with Crippen molar-refractivity contribution in [3.8, 4) is 11.5 Å². The number of aryl methyl sites for hydroxylation is 1. The lowest BCUT2D eigenvalue weighted by Crippen LogP contribution is -2.37. The maximum Gasteiger partial charge on any atom is 0.227 e. The van der Waals surface area contributed by atoms with E-state index in [9.17, 15) is 4.79 Å². The van der Waals surface area contributed by atoms with Crippen molar-refractivity contribution in [1.29, 1.82) is 0 Å². The number of hydrogen-bond acceptors (Lipinski definition) is 3. The van der Waals surface area contributed by atoms with E-state index >= 15 is 0 Å². The molecule has 0 spiro atoms. The van der Waals surface area contributed by atoms with E-state index in [-0.39, 0.29) is 11.9 Å². The summed E-state index contributed by atoms with van der Waals surface area (Å²) in [4.78, 5) is 15.4. The second-order valence-corrected chi connectivity index (χ2v) is 7.15. The van der Waals surface area contributed by atoms with Crippen LogP contribution in [0.2, 0.25) is 0 Å². The first-order valence-electron chi connectivity index (χ1n) is 9.31. The molecule has 4 heteroatoms. The Hall–Kier alpha value is -2.49. The molecule has 0 heterocycles. The number of methoxy groups -OCH3 is 2. The van der Waals surface area contributed by atoms with Gasteiger partial charge in [0.05, 0.1) is 26.7 Å². The van der Waals surface area contributed by atoms with E-state index in [2.05, 4.69) is 29.2 Å². The number of rotatable bonds is 6. The van der Waals surface area contributed by atoms with Crippen LogP contribution < -0.4 is 9.47 Å². The van der Waals surface area contributed by atoms with Crippen LogP contribution in [0.5, 0.6) is 11.5 Å². The SMILES string of the molecule is COc1ccc(CC(=O)N(C2CC2)C2CCc3ccccc32)cc1OC. The maximum absolute atomic E-state index is 13.2. The Morgan fingerprint density at radius 2 is 1.81 bits per heavy atom. The topological polar surface area (TPSA) is 38.8 Å². The molecule has 0 aromatic heterocycles. The van der Waals surface area contributed by atoms with Gasteiger partial charge in [-0.25, -0.2) is 0 Å². The third-order valence-corrected chi connectivity index (χ3v) is 5.47. The molecule has 1 fully saturated rings. The normalized spacial score (nSPS) is 18.3. The van der Waals surface area contributed by atoms with Crippen molar-refractivity contribution in [2.24, 2.45) is 0 Å². The number of carbonyl (C=O) groups is 1. The van der Waals surface area contributed by atoms with Gasteiger partial charge >= 0.3 is 0 Å². The highest BCUT2D eigenvalue weighted by Gasteiger charge is 2.40. The predicted molar refractivity (Wildman–Crippen MR) is 101 cm³/mol. The van der Waals surface area contributed by atoms with Crippen molar-refractivity contribution in [3.63, 3.8) is 0 Å². The third-order valence-electron chi connectivity index (χ3n) is 5.47. The number of fused-ring (bicyclic) bond motifs is 1. The van der Waals surface area contributed by atoms with Crippen LogP contribution in [-0.4, -0.2) is 31.1 Å². The molecule has 2 aromatic carbocycles. The number of amides is 1. The highest BCUT2D eigenvalue weighted by atomic mass is 16.5. The molecule has 1 unspecified atom stereocenters. The molecule has 1 saturated carbocycles. The summed E-state index contributed by atoms with van der Waals surface area (Å²) in [7, 11) is 3.24. The molecule has 4 nitrogen and oxygen atoms in total. The highest BCUT2D eigenvalue weighted by Crippen LogP contribution is 2.42. The second kappa shape index (κ2) is 7.02. The summed E-state index contributed by atoms with van der Waals surface area (Å²) in [5.74, 6) is 1.57. The molecule has 0 N–H and O–H groups in total. The van der Waals surface area contributed by atoms with Crippen LogP contribution in [0.3, 0.4) is 0 Å². The molecule has 1 atom stereocenters. The Bertz CT molecular complexity index is 813. The van der Waals surface area contributed by atoms with Crippen molar-refractivity contribution in [2.75, 3.05) is 14.2 Å². The summed E-state index contributed by atoms with van der Waals surface area (Å²) in [6, 6.07) is 14.9. The lowest BCUT2D eigenvalue weighted by Gasteiger charge is -2.30. The molecular weight excluding hydrogens is 326 g/mol. The van der Waals surface area contributed by atoms with E-state index in [0.29, 0.717) is 24.0 Å². The smallest absolute Gasteiger partial charge is 0.227 e. The van der Waals surface area contributed by atoms with E-state index in [1.54, 1.807) is 14.2 Å². The first-order chi connectivity index (χ1) is 12.7. The number of hydrogen-bond donors (Lipinski definition) is 0. The van der Waals surface area contributed by atoms with E-state index in [4.69, 9.17) is 9.47 Å². The van der Waals surface area contributed by atoms with Crippen molar-refractivity contribution < 1.29 is 14.3 Å². The maximum atomic E-state index is 13.2. The summed E-state index contributed by atoms with van der Waals surface area (Å²) in [5.41, 5.74) is 3.69. The van der Waals surface area contributed by atoms with Gasteiger partial charge in [0.25, 0.3) is 0 Å². The van der Waals surface area contributed by atoms with Crippen LogP contribution in [0.4, 0.5) is 0 Å². The Kier molecular flexibility index (Phi) is 4.58. The van der Waals surface area contributed by atoms with Crippen molar-refractivity contribution in [3.05, 3.63) is 59.2 Å². The van der Waals surface area contributed by atoms with Crippen molar-refractivity contribution in [1.82, 2.24) is 4.90 Å². The van der Waals surface area contributed by atoms with Gasteiger partial charge in [-0.3, -0.25) is 4.79 Å². The highest BCUT2D eigenvalue weighted by molar-refractivity contribution is 5.80. The van der Waals surface area contributed by atoms with Crippen LogP contribution >= 0.6 is 0 Å². The van der Waals surface area contributed by atoms with Gasteiger partial charge in [0.1, 0.15) is 0 Å². The predicted octanol–water partition coefficient (Wildman–Crippen LogP) is 3.92. The lowest BCUT2D eigenvalue weighted by molar-refractivity contribution is -0.133. The minimum atomic E-state index is 0.210. The number of nitrogens with zero attached hydrogens (tertiary/aromatic N) is 1. The third kappa shape index (κ3) is 3.16. The molecule has 4 rings (SSSR count). The van der Waals surface area contributed by atoms with E-state index in [1.807, 2.05) is 18.2 Å². The molecule has 136 valence electrons. The van der Waals surface area contributed by atoms with E-state index in [1.165, 1.54) is 11.1 Å². The molecule has 0 aliphatic heterocycles. The standard InChI is InChI=1S/C22H25NO3/c1-25-20-12-7-15(13-21(20)26-2)14-22(24)23(17-9-10-17)19-11-8-16-5-3-4-6-18(16)19/h3-7,12-13,17,19H,8-11,14H2,1-2H3. The van der Waals surface area contributed by atoms with Gasteiger partial charge in [-0.1, -0.05) is 30.3 Å². The largest absolute Gasteiger partial charge is 0.493 e. The Morgan fingerprint density at radius 3 is 2.54 bits per heavy atom. The summed E-state index contributed by atoms with van der Waals surface area (Å²) < 4.78 is 10.7. The molecule has 0 radical (unpaired) electrons. The molecule has 2 aliphatic carbocycles. The fourth-order valence-electron chi connectivity index (χ4n) is 4.06. The summed E-state index contributed by atoms with van der Waals surface area (Å²) in [5, 5.41) is 0. The van der Waals surface area contributed by atoms with Gasteiger partial charge in [-0.15, -0.1) is 0 Å². The van der Waals surface area contributed by atoms with Crippen LogP contribution in [0, 0.1) is 0 Å². The van der Waals surface area contributed by atoms with Gasteiger partial charge in [-0.05, 0) is 54.5 Å². The molecule has 26 heavy (non-hydrogen) atoms. The molecule has 0 saturated heterocycles. The average molecular weight is 351 g/mol. The monoisotopic (exact) mass is 351 g/mol. The molecular formula is C22H25NO3. The van der Waals surface area contributed by atoms with Gasteiger partial charge in [-0.2, -0.15) is 0 Å². The second-order valence-electron chi connectivity index (χ2n) is 7.15. The van der Waals surface area contributed by atoms with Gasteiger partial charge in [0, 0.05) is 6.04 Å². The fraction of sp³-hybridized carbons (Fsp3) is 0.409. The number of ether oxygens (including phenoxy) is 2. The molecule has 2 aliphatic rings. The Morgan fingerprint density at radius 1 is 1.04 bits per heavy atom. The van der Waals surface area contributed by atoms with Crippen LogP contribution in [0.15, 0.2) is 42.5 Å².